The van der Waals surface area contributed by atoms with Gasteiger partial charge >= 0.3 is 5.97 Å². The Balaban J connectivity index is 1.02. The van der Waals surface area contributed by atoms with Crippen LogP contribution in [0.25, 0.3) is 0 Å². The number of nitrogens with zero attached hydrogens (tertiary/aromatic N) is 4. The van der Waals surface area contributed by atoms with E-state index in [9.17, 15) is 24.0 Å². The number of hydrogen-bond acceptors (Lipinski definition) is 10. The number of carboxylic acids is 1. The highest BCUT2D eigenvalue weighted by Crippen LogP contribution is 2.39. The van der Waals surface area contributed by atoms with E-state index in [4.69, 9.17) is 24.1 Å². The van der Waals surface area contributed by atoms with Gasteiger partial charge in [-0.15, -0.1) is 0 Å². The van der Waals surface area contributed by atoms with Crippen LogP contribution in [-0.2, 0) is 19.1 Å². The van der Waals surface area contributed by atoms with Crippen molar-refractivity contribution in [2.75, 3.05) is 58.1 Å². The summed E-state index contributed by atoms with van der Waals surface area (Å²) in [4.78, 5) is 72.8. The molecule has 3 amide bonds. The molecule has 0 spiro atoms. The van der Waals surface area contributed by atoms with Crippen molar-refractivity contribution in [1.82, 2.24) is 9.80 Å². The summed E-state index contributed by atoms with van der Waals surface area (Å²) in [6.07, 6.45) is 5.84. The van der Waals surface area contributed by atoms with E-state index in [0.29, 0.717) is 91.9 Å². The number of ether oxygens (including phenoxy) is 4. The van der Waals surface area contributed by atoms with Gasteiger partial charge in [-0.1, -0.05) is 24.3 Å². The van der Waals surface area contributed by atoms with Crippen molar-refractivity contribution < 1.29 is 48.0 Å². The minimum atomic E-state index is -1.36. The van der Waals surface area contributed by atoms with Gasteiger partial charge in [-0.2, -0.15) is 0 Å². The van der Waals surface area contributed by atoms with Crippen LogP contribution >= 0.6 is 0 Å². The number of carboxylic acid groups (broad SMARTS) is 1. The van der Waals surface area contributed by atoms with Crippen LogP contribution in [0.15, 0.2) is 53.6 Å². The number of fused-ring (bicyclic) bond motifs is 4. The first-order valence-corrected chi connectivity index (χ1v) is 19.2. The molecule has 2 aromatic rings. The fraction of sp³-hybridized carbons (Fsp3) is 0.442. The molecule has 300 valence electrons. The molecule has 2 saturated heterocycles. The van der Waals surface area contributed by atoms with Gasteiger partial charge in [0.2, 0.25) is 11.7 Å². The minimum Gasteiger partial charge on any atom is -0.493 e. The van der Waals surface area contributed by atoms with E-state index in [1.807, 2.05) is 6.92 Å². The second-order valence-electron chi connectivity index (χ2n) is 14.6. The van der Waals surface area contributed by atoms with Gasteiger partial charge in [0.05, 0.1) is 67.9 Å². The molecule has 0 bridgehead atoms. The highest BCUT2D eigenvalue weighted by molar-refractivity contribution is 6.07. The predicted molar refractivity (Wildman–Crippen MR) is 212 cm³/mol. The van der Waals surface area contributed by atoms with Crippen LogP contribution in [0.4, 0.5) is 11.4 Å². The van der Waals surface area contributed by atoms with Crippen molar-refractivity contribution in [2.45, 2.75) is 70.4 Å². The number of rotatable bonds is 16. The van der Waals surface area contributed by atoms with Crippen molar-refractivity contribution in [1.29, 1.82) is 0 Å². The van der Waals surface area contributed by atoms with Gasteiger partial charge in [-0.05, 0) is 69.1 Å². The van der Waals surface area contributed by atoms with Crippen LogP contribution in [0.1, 0.15) is 77.6 Å². The van der Waals surface area contributed by atoms with Crippen molar-refractivity contribution >= 4 is 47.1 Å². The van der Waals surface area contributed by atoms with Crippen molar-refractivity contribution in [2.24, 2.45) is 4.99 Å². The number of ketones is 1. The van der Waals surface area contributed by atoms with E-state index in [1.54, 1.807) is 58.2 Å². The zero-order valence-corrected chi connectivity index (χ0v) is 32.5. The lowest BCUT2D eigenvalue weighted by atomic mass is 10.1. The number of amides is 3. The van der Waals surface area contributed by atoms with E-state index < -0.39 is 11.8 Å². The Morgan fingerprint density at radius 1 is 0.825 bits per heavy atom. The Labute approximate surface area is 332 Å². The topological polar surface area (TPSA) is 165 Å². The van der Waals surface area contributed by atoms with Crippen LogP contribution in [0.5, 0.6) is 17.2 Å². The van der Waals surface area contributed by atoms with Gasteiger partial charge in [0.1, 0.15) is 5.75 Å². The molecule has 14 nitrogen and oxygen atoms in total. The molecule has 0 saturated carbocycles. The van der Waals surface area contributed by atoms with Crippen molar-refractivity contribution in [3.8, 4) is 29.1 Å². The second kappa shape index (κ2) is 18.3. The van der Waals surface area contributed by atoms with Crippen molar-refractivity contribution in [3.63, 3.8) is 0 Å². The lowest BCUT2D eigenvalue weighted by molar-refractivity contribution is -0.130. The lowest BCUT2D eigenvalue weighted by Gasteiger charge is -2.26. The Morgan fingerprint density at radius 3 is 2.30 bits per heavy atom. The molecule has 2 fully saturated rings. The smallest absolute Gasteiger partial charge is 0.382 e. The fourth-order valence-electron chi connectivity index (χ4n) is 7.47. The van der Waals surface area contributed by atoms with Crippen LogP contribution in [0.3, 0.4) is 0 Å². The first-order valence-electron chi connectivity index (χ1n) is 19.2. The SMILES string of the molecule is C=C1C[C@H]2CN(C(=O)CCOCCCC(=O)C#CC(=O)O)c3cc(OCCCCCOc4cc5c(cc4OC)C(=O)N4CC(=C)C[C@H]4C=N5)c(C)cc3C(=O)N2C1. The highest BCUT2D eigenvalue weighted by Gasteiger charge is 2.40. The monoisotopic (exact) mass is 780 g/mol. The van der Waals surface area contributed by atoms with Crippen LogP contribution < -0.4 is 19.1 Å². The summed E-state index contributed by atoms with van der Waals surface area (Å²) >= 11 is 0. The maximum absolute atomic E-state index is 13.8. The molecule has 4 heterocycles. The van der Waals surface area contributed by atoms with Gasteiger partial charge in [-0.25, -0.2) is 4.79 Å². The molecule has 0 aliphatic carbocycles. The minimum absolute atomic E-state index is 0.0502. The zero-order valence-electron chi connectivity index (χ0n) is 32.5. The number of aliphatic imine (C=N–C) groups is 1. The average Bonchev–Trinajstić information content (AvgIpc) is 3.70. The molecule has 6 rings (SSSR count). The molecule has 57 heavy (non-hydrogen) atoms. The van der Waals surface area contributed by atoms with E-state index in [1.165, 1.54) is 0 Å². The summed E-state index contributed by atoms with van der Waals surface area (Å²) in [5.74, 6) is 3.11. The van der Waals surface area contributed by atoms with Gasteiger partial charge in [0.15, 0.2) is 11.5 Å². The van der Waals surface area contributed by atoms with E-state index in [2.05, 4.69) is 24.1 Å². The summed E-state index contributed by atoms with van der Waals surface area (Å²) in [5, 5.41) is 8.58. The number of unbranched alkanes of at least 4 members (excludes halogenated alkanes) is 2. The summed E-state index contributed by atoms with van der Waals surface area (Å²) in [6.45, 7) is 12.4. The number of aryl methyl sites for hydroxylation is 1. The van der Waals surface area contributed by atoms with Crippen LogP contribution in [-0.4, -0.2) is 116 Å². The van der Waals surface area contributed by atoms with Gasteiger partial charge in [0.25, 0.3) is 11.8 Å². The third-order valence-corrected chi connectivity index (χ3v) is 10.3. The number of anilines is 1. The average molecular weight is 781 g/mol. The van der Waals surface area contributed by atoms with Gasteiger partial charge in [-0.3, -0.25) is 24.2 Å². The van der Waals surface area contributed by atoms with Crippen LogP contribution in [0.2, 0.25) is 0 Å². The zero-order chi connectivity index (χ0) is 40.6. The summed E-state index contributed by atoms with van der Waals surface area (Å²) in [5.41, 5.74) is 4.67. The molecular weight excluding hydrogens is 732 g/mol. The molecule has 1 N–H and O–H groups in total. The molecule has 0 radical (unpaired) electrons. The third kappa shape index (κ3) is 9.72. The number of carbonyl (C=O) groups excluding carboxylic acids is 4. The maximum atomic E-state index is 13.8. The number of methoxy groups -OCH3 is 1. The summed E-state index contributed by atoms with van der Waals surface area (Å²) < 4.78 is 23.5. The first-order chi connectivity index (χ1) is 27.4. The molecule has 0 unspecified atom stereocenters. The maximum Gasteiger partial charge on any atom is 0.382 e. The second-order valence-corrected chi connectivity index (χ2v) is 14.6. The number of Topliss-reactive ketones (excluding diaryl/α,β-unsaturated/α-hetero) is 1. The molecule has 2 aromatic carbocycles. The molecule has 4 aliphatic heterocycles. The largest absolute Gasteiger partial charge is 0.493 e. The molecule has 14 heteroatoms. The highest BCUT2D eigenvalue weighted by atomic mass is 16.5. The number of benzene rings is 2. The number of aliphatic carboxylic acids is 1. The number of carbonyl (C=O) groups is 5. The summed E-state index contributed by atoms with van der Waals surface area (Å²) in [6, 6.07) is 6.72. The molecular formula is C43H48N4O10. The Kier molecular flexibility index (Phi) is 13.1. The lowest BCUT2D eigenvalue weighted by Crippen LogP contribution is -2.42. The standard InChI is InChI=1S/C43H48N4O10/c1-27-17-30-23-44-35-21-39(38(54-4)20-33(35)42(52)45(30)24-27)57-15-7-5-6-14-56-37-22-36-34(19-29(37)3)43(53)46-25-28(2)18-31(46)26-47(36)40(49)12-16-55-13-8-9-32(48)10-11-41(50)51/h19-23,30-31H,1-2,5-9,12-18,24-26H2,3-4H3,(H,50,51)/t30-,31-/m0/s1. The quantitative estimate of drug-likeness (QED) is 0.105. The third-order valence-electron chi connectivity index (χ3n) is 10.3. The van der Waals surface area contributed by atoms with Crippen molar-refractivity contribution in [3.05, 3.63) is 65.3 Å². The summed E-state index contributed by atoms with van der Waals surface area (Å²) in [7, 11) is 1.54. The molecule has 4 aliphatic rings. The normalized spacial score (nSPS) is 18.2. The molecule has 2 atom stereocenters. The van der Waals surface area contributed by atoms with Crippen LogP contribution in [0, 0.1) is 18.8 Å². The van der Waals surface area contributed by atoms with E-state index >= 15 is 0 Å². The molecule has 0 aromatic heterocycles. The number of hydrogen-bond donors (Lipinski definition) is 1. The first kappa shape index (κ1) is 40.7. The van der Waals surface area contributed by atoms with E-state index in [-0.39, 0.29) is 55.9 Å². The van der Waals surface area contributed by atoms with Gasteiger partial charge in [0, 0.05) is 56.9 Å². The Morgan fingerprint density at radius 2 is 1.54 bits per heavy atom. The Hall–Kier alpha value is -5.94. The van der Waals surface area contributed by atoms with Gasteiger partial charge < -0.3 is 38.8 Å². The fourth-order valence-corrected chi connectivity index (χ4v) is 7.47. The van der Waals surface area contributed by atoms with E-state index in [0.717, 1.165) is 36.0 Å². The Bertz CT molecular complexity index is 2060. The predicted octanol–water partition coefficient (Wildman–Crippen LogP) is 5.08.